The lowest BCUT2D eigenvalue weighted by Gasteiger charge is -2.26. The summed E-state index contributed by atoms with van der Waals surface area (Å²) in [6, 6.07) is 2.04. The summed E-state index contributed by atoms with van der Waals surface area (Å²) in [5.74, 6) is 1.64. The topological polar surface area (TPSA) is 26.0 Å². The van der Waals surface area contributed by atoms with Crippen LogP contribution >= 0.6 is 11.3 Å². The summed E-state index contributed by atoms with van der Waals surface area (Å²) in [6.07, 6.45) is 5.46. The van der Waals surface area contributed by atoms with E-state index in [0.29, 0.717) is 0 Å². The van der Waals surface area contributed by atoms with Crippen molar-refractivity contribution in [1.82, 2.24) is 0 Å². The standard InChI is InChI=1S/C11H17NS/c1-8-3-2-4-9(7-8)11-10(12)5-6-13-11/h5-6,8-9H,2-4,7,12H2,1H3. The maximum atomic E-state index is 5.93. The molecule has 1 fully saturated rings. The Balaban J connectivity index is 2.12. The Kier molecular flexibility index (Phi) is 2.58. The van der Waals surface area contributed by atoms with Crippen molar-refractivity contribution in [2.45, 2.75) is 38.5 Å². The van der Waals surface area contributed by atoms with Gasteiger partial charge in [0.1, 0.15) is 0 Å². The number of thiophene rings is 1. The molecule has 0 amide bonds. The van der Waals surface area contributed by atoms with Crippen LogP contribution in [0.3, 0.4) is 0 Å². The predicted molar refractivity (Wildman–Crippen MR) is 59.1 cm³/mol. The molecule has 1 heterocycles. The zero-order valence-electron chi connectivity index (χ0n) is 8.12. The van der Waals surface area contributed by atoms with E-state index < -0.39 is 0 Å². The van der Waals surface area contributed by atoms with Crippen LogP contribution in [0.5, 0.6) is 0 Å². The van der Waals surface area contributed by atoms with Crippen molar-refractivity contribution in [3.8, 4) is 0 Å². The van der Waals surface area contributed by atoms with Crippen molar-refractivity contribution >= 4 is 17.0 Å². The lowest BCUT2D eigenvalue weighted by Crippen LogP contribution is -2.11. The highest BCUT2D eigenvalue weighted by molar-refractivity contribution is 7.10. The summed E-state index contributed by atoms with van der Waals surface area (Å²) in [5.41, 5.74) is 6.94. The van der Waals surface area contributed by atoms with Crippen molar-refractivity contribution < 1.29 is 0 Å². The molecule has 0 aromatic carbocycles. The first-order valence-electron chi connectivity index (χ1n) is 5.10. The summed E-state index contributed by atoms with van der Waals surface area (Å²) in [4.78, 5) is 1.44. The smallest absolute Gasteiger partial charge is 0.0458 e. The number of hydrogen-bond donors (Lipinski definition) is 1. The minimum atomic E-state index is 0.753. The van der Waals surface area contributed by atoms with Gasteiger partial charge in [-0.1, -0.05) is 19.8 Å². The van der Waals surface area contributed by atoms with Crippen molar-refractivity contribution in [2.24, 2.45) is 5.92 Å². The summed E-state index contributed by atoms with van der Waals surface area (Å²) < 4.78 is 0. The van der Waals surface area contributed by atoms with Gasteiger partial charge in [-0.25, -0.2) is 0 Å². The quantitative estimate of drug-likeness (QED) is 0.727. The molecular formula is C11H17NS. The molecule has 2 atom stereocenters. The minimum Gasteiger partial charge on any atom is -0.398 e. The average molecular weight is 195 g/mol. The second-order valence-electron chi connectivity index (χ2n) is 4.21. The fourth-order valence-corrected chi connectivity index (χ4v) is 3.31. The van der Waals surface area contributed by atoms with Crippen molar-refractivity contribution in [3.05, 3.63) is 16.3 Å². The Morgan fingerprint density at radius 3 is 2.92 bits per heavy atom. The molecule has 2 rings (SSSR count). The number of nitrogens with two attached hydrogens (primary N) is 1. The highest BCUT2D eigenvalue weighted by Gasteiger charge is 2.22. The summed E-state index contributed by atoms with van der Waals surface area (Å²) in [6.45, 7) is 2.36. The number of rotatable bonds is 1. The molecule has 0 spiro atoms. The lowest BCUT2D eigenvalue weighted by atomic mass is 9.81. The van der Waals surface area contributed by atoms with E-state index in [9.17, 15) is 0 Å². The van der Waals surface area contributed by atoms with Crippen molar-refractivity contribution in [2.75, 3.05) is 5.73 Å². The molecule has 2 N–H and O–H groups in total. The maximum absolute atomic E-state index is 5.93. The molecular weight excluding hydrogens is 178 g/mol. The Labute approximate surface area is 84.0 Å². The van der Waals surface area contributed by atoms with E-state index in [1.807, 2.05) is 17.4 Å². The Hall–Kier alpha value is -0.500. The lowest BCUT2D eigenvalue weighted by molar-refractivity contribution is 0.347. The zero-order chi connectivity index (χ0) is 9.26. The zero-order valence-corrected chi connectivity index (χ0v) is 8.94. The van der Waals surface area contributed by atoms with E-state index in [1.54, 1.807) is 0 Å². The normalized spacial score (nSPS) is 29.0. The van der Waals surface area contributed by atoms with Crippen LogP contribution in [-0.4, -0.2) is 0 Å². The first kappa shape index (κ1) is 9.07. The third kappa shape index (κ3) is 1.88. The van der Waals surface area contributed by atoms with E-state index in [4.69, 9.17) is 5.73 Å². The molecule has 1 aliphatic carbocycles. The molecule has 13 heavy (non-hydrogen) atoms. The molecule has 0 bridgehead atoms. The van der Waals surface area contributed by atoms with Crippen molar-refractivity contribution in [3.63, 3.8) is 0 Å². The first-order chi connectivity index (χ1) is 6.27. The molecule has 1 nitrogen and oxygen atoms in total. The molecule has 0 radical (unpaired) electrons. The van der Waals surface area contributed by atoms with Gasteiger partial charge in [0.05, 0.1) is 0 Å². The van der Waals surface area contributed by atoms with Gasteiger partial charge >= 0.3 is 0 Å². The van der Waals surface area contributed by atoms with E-state index >= 15 is 0 Å². The molecule has 1 aromatic heterocycles. The highest BCUT2D eigenvalue weighted by Crippen LogP contribution is 2.40. The van der Waals surface area contributed by atoms with Gasteiger partial charge in [-0.15, -0.1) is 11.3 Å². The van der Waals surface area contributed by atoms with Gasteiger partial charge in [0, 0.05) is 10.6 Å². The van der Waals surface area contributed by atoms with Crippen LogP contribution in [0.4, 0.5) is 5.69 Å². The van der Waals surface area contributed by atoms with Crippen molar-refractivity contribution in [1.29, 1.82) is 0 Å². The van der Waals surface area contributed by atoms with Gasteiger partial charge in [-0.3, -0.25) is 0 Å². The third-order valence-electron chi connectivity index (χ3n) is 3.03. The molecule has 1 saturated carbocycles. The predicted octanol–water partition coefficient (Wildman–Crippen LogP) is 3.62. The van der Waals surface area contributed by atoms with E-state index in [-0.39, 0.29) is 0 Å². The van der Waals surface area contributed by atoms with Crippen LogP contribution in [0.2, 0.25) is 0 Å². The van der Waals surface area contributed by atoms with Gasteiger partial charge in [-0.05, 0) is 36.1 Å². The van der Waals surface area contributed by atoms with Gasteiger partial charge in [0.25, 0.3) is 0 Å². The molecule has 2 unspecified atom stereocenters. The van der Waals surface area contributed by atoms with Gasteiger partial charge < -0.3 is 5.73 Å². The third-order valence-corrected chi connectivity index (χ3v) is 4.13. The van der Waals surface area contributed by atoms with Crippen LogP contribution in [0.15, 0.2) is 11.4 Å². The Bertz CT molecular complexity index is 279. The first-order valence-corrected chi connectivity index (χ1v) is 5.98. The summed E-state index contributed by atoms with van der Waals surface area (Å²) in [5, 5.41) is 2.12. The van der Waals surface area contributed by atoms with Gasteiger partial charge in [0.2, 0.25) is 0 Å². The molecule has 1 aromatic rings. The summed E-state index contributed by atoms with van der Waals surface area (Å²) >= 11 is 1.83. The van der Waals surface area contributed by atoms with Crippen LogP contribution in [0, 0.1) is 5.92 Å². The van der Waals surface area contributed by atoms with Crippen LogP contribution in [0.25, 0.3) is 0 Å². The van der Waals surface area contributed by atoms with Crippen LogP contribution in [0.1, 0.15) is 43.4 Å². The molecule has 1 aliphatic rings. The molecule has 72 valence electrons. The van der Waals surface area contributed by atoms with E-state index in [2.05, 4.69) is 12.3 Å². The van der Waals surface area contributed by atoms with Crippen LogP contribution in [-0.2, 0) is 0 Å². The fourth-order valence-electron chi connectivity index (χ4n) is 2.33. The van der Waals surface area contributed by atoms with E-state index in [0.717, 1.165) is 17.5 Å². The van der Waals surface area contributed by atoms with E-state index in [1.165, 1.54) is 30.6 Å². The fraction of sp³-hybridized carbons (Fsp3) is 0.636. The Morgan fingerprint density at radius 2 is 2.31 bits per heavy atom. The highest BCUT2D eigenvalue weighted by atomic mass is 32.1. The second kappa shape index (κ2) is 3.70. The molecule has 2 heteroatoms. The van der Waals surface area contributed by atoms with Crippen LogP contribution < -0.4 is 5.73 Å². The monoisotopic (exact) mass is 195 g/mol. The molecule has 0 saturated heterocycles. The largest absolute Gasteiger partial charge is 0.398 e. The number of nitrogen functional groups attached to an aromatic ring is 1. The Morgan fingerprint density at radius 1 is 1.46 bits per heavy atom. The number of anilines is 1. The second-order valence-corrected chi connectivity index (χ2v) is 5.16. The minimum absolute atomic E-state index is 0.753. The van der Waals surface area contributed by atoms with Gasteiger partial charge in [-0.2, -0.15) is 0 Å². The SMILES string of the molecule is CC1CCCC(c2sccc2N)C1. The maximum Gasteiger partial charge on any atom is 0.0458 e. The summed E-state index contributed by atoms with van der Waals surface area (Å²) in [7, 11) is 0. The number of hydrogen-bond acceptors (Lipinski definition) is 2. The van der Waals surface area contributed by atoms with Gasteiger partial charge in [0.15, 0.2) is 0 Å². The average Bonchev–Trinajstić information content (AvgIpc) is 2.51. The molecule has 0 aliphatic heterocycles.